The molecule has 0 aliphatic heterocycles. The first-order valence-electron chi connectivity index (χ1n) is 13.8. The maximum Gasteiger partial charge on any atom is 0.307 e. The molecule has 1 aliphatic carbocycles. The molecule has 1 aromatic heterocycles. The number of amides is 2. The van der Waals surface area contributed by atoms with Crippen molar-refractivity contribution < 1.29 is 28.6 Å². The van der Waals surface area contributed by atoms with Crippen LogP contribution < -0.4 is 19.7 Å². The van der Waals surface area contributed by atoms with Crippen LogP contribution in [-0.4, -0.2) is 56.8 Å². The largest absolute Gasteiger partial charge is 0.494 e. The minimum atomic E-state index is -0.394. The molecular formula is C31H39N3O6. The maximum absolute atomic E-state index is 13.8. The lowest BCUT2D eigenvalue weighted by atomic mass is 9.88. The van der Waals surface area contributed by atoms with E-state index in [0.29, 0.717) is 35.3 Å². The number of hydrogen-bond acceptors (Lipinski definition) is 6. The van der Waals surface area contributed by atoms with Gasteiger partial charge in [-0.25, -0.2) is 0 Å². The van der Waals surface area contributed by atoms with E-state index in [2.05, 4.69) is 5.32 Å². The molecule has 1 N–H and O–H groups in total. The summed E-state index contributed by atoms with van der Waals surface area (Å²) in [6.07, 6.45) is 5.71. The first kappa shape index (κ1) is 29.0. The van der Waals surface area contributed by atoms with Crippen molar-refractivity contribution in [2.24, 2.45) is 5.92 Å². The average Bonchev–Trinajstić information content (AvgIpc) is 3.36. The third kappa shape index (κ3) is 6.58. The Morgan fingerprint density at radius 2 is 1.65 bits per heavy atom. The predicted octanol–water partition coefficient (Wildman–Crippen LogP) is 4.87. The van der Waals surface area contributed by atoms with Gasteiger partial charge in [-0.2, -0.15) is 0 Å². The number of esters is 1. The second-order valence-electron chi connectivity index (χ2n) is 10.3. The average molecular weight is 550 g/mol. The van der Waals surface area contributed by atoms with Gasteiger partial charge in [-0.3, -0.25) is 14.4 Å². The van der Waals surface area contributed by atoms with Gasteiger partial charge in [-0.05, 0) is 55.5 Å². The van der Waals surface area contributed by atoms with Crippen LogP contribution in [0.2, 0.25) is 0 Å². The van der Waals surface area contributed by atoms with Crippen LogP contribution in [0.5, 0.6) is 11.5 Å². The van der Waals surface area contributed by atoms with Gasteiger partial charge in [-0.1, -0.05) is 37.5 Å². The van der Waals surface area contributed by atoms with E-state index in [4.69, 9.17) is 14.2 Å². The molecule has 1 fully saturated rings. The number of anilines is 1. The number of benzene rings is 2. The van der Waals surface area contributed by atoms with Crippen LogP contribution in [0.4, 0.5) is 5.69 Å². The van der Waals surface area contributed by atoms with E-state index < -0.39 is 5.91 Å². The Labute approximate surface area is 235 Å². The van der Waals surface area contributed by atoms with E-state index in [1.165, 1.54) is 13.5 Å². The first-order chi connectivity index (χ1) is 19.4. The highest BCUT2D eigenvalue weighted by Crippen LogP contribution is 2.40. The van der Waals surface area contributed by atoms with Crippen molar-refractivity contribution in [2.75, 3.05) is 39.3 Å². The Morgan fingerprint density at radius 3 is 2.30 bits per heavy atom. The molecule has 0 radical (unpaired) electrons. The summed E-state index contributed by atoms with van der Waals surface area (Å²) in [5.74, 6) is 0.445. The third-order valence-electron chi connectivity index (χ3n) is 7.57. The quantitative estimate of drug-likeness (QED) is 0.343. The number of hydrogen-bond donors (Lipinski definition) is 1. The van der Waals surface area contributed by atoms with Gasteiger partial charge in [0.2, 0.25) is 5.91 Å². The zero-order valence-electron chi connectivity index (χ0n) is 23.8. The Hall–Kier alpha value is -4.01. The number of aryl methyl sites for hydroxylation is 2. The van der Waals surface area contributed by atoms with Crippen LogP contribution in [0.25, 0.3) is 10.9 Å². The van der Waals surface area contributed by atoms with Gasteiger partial charge in [0.05, 0.1) is 34.3 Å². The van der Waals surface area contributed by atoms with Crippen molar-refractivity contribution in [3.63, 3.8) is 0 Å². The van der Waals surface area contributed by atoms with Crippen molar-refractivity contribution in [3.8, 4) is 11.5 Å². The van der Waals surface area contributed by atoms with E-state index in [1.54, 1.807) is 29.8 Å². The van der Waals surface area contributed by atoms with Crippen molar-refractivity contribution in [1.29, 1.82) is 0 Å². The topological polar surface area (TPSA) is 99.1 Å². The summed E-state index contributed by atoms with van der Waals surface area (Å²) in [6.45, 7) is 2.54. The lowest BCUT2D eigenvalue weighted by Gasteiger charge is -2.32. The SMILES string of the molecule is COC(=O)CCn1c(C(=O)NCC(=O)N(CC2CCCCC2)c2c(OC)cc(C)cc2OC)cc2ccccc21. The molecule has 4 rings (SSSR count). The van der Waals surface area contributed by atoms with Gasteiger partial charge in [0.25, 0.3) is 5.91 Å². The molecule has 9 nitrogen and oxygen atoms in total. The Morgan fingerprint density at radius 1 is 0.975 bits per heavy atom. The van der Waals surface area contributed by atoms with Crippen LogP contribution in [0.1, 0.15) is 54.6 Å². The summed E-state index contributed by atoms with van der Waals surface area (Å²) in [4.78, 5) is 40.8. The van der Waals surface area contributed by atoms with Crippen LogP contribution in [0, 0.1) is 12.8 Å². The molecule has 2 aromatic carbocycles. The highest BCUT2D eigenvalue weighted by Gasteiger charge is 2.28. The van der Waals surface area contributed by atoms with E-state index in [0.717, 1.165) is 42.1 Å². The molecule has 0 spiro atoms. The molecule has 9 heteroatoms. The summed E-state index contributed by atoms with van der Waals surface area (Å²) in [5, 5.41) is 3.70. The highest BCUT2D eigenvalue weighted by molar-refractivity contribution is 6.03. The number of rotatable bonds is 11. The van der Waals surface area contributed by atoms with E-state index >= 15 is 0 Å². The van der Waals surface area contributed by atoms with E-state index in [1.807, 2.05) is 43.3 Å². The summed E-state index contributed by atoms with van der Waals surface area (Å²) < 4.78 is 18.0. The number of carbonyl (C=O) groups excluding carboxylic acids is 3. The third-order valence-corrected chi connectivity index (χ3v) is 7.57. The summed E-state index contributed by atoms with van der Waals surface area (Å²) in [6, 6.07) is 13.1. The van der Waals surface area contributed by atoms with Crippen molar-refractivity contribution in [1.82, 2.24) is 9.88 Å². The molecule has 1 saturated carbocycles. The Kier molecular flexibility index (Phi) is 9.69. The Bertz CT molecular complexity index is 1330. The van der Waals surface area contributed by atoms with Gasteiger partial charge in [0.1, 0.15) is 22.9 Å². The number of aromatic nitrogens is 1. The van der Waals surface area contributed by atoms with Gasteiger partial charge < -0.3 is 29.0 Å². The summed E-state index contributed by atoms with van der Waals surface area (Å²) >= 11 is 0. The minimum absolute atomic E-state index is 0.122. The molecule has 214 valence electrons. The van der Waals surface area contributed by atoms with Crippen LogP contribution in [0.15, 0.2) is 42.5 Å². The smallest absolute Gasteiger partial charge is 0.307 e. The standard InChI is InChI=1S/C31H39N3O6/c1-21-16-26(38-2)30(27(17-21)39-3)34(20-22-10-6-5-7-11-22)28(35)19-32-31(37)25-18-23-12-8-9-13-24(23)33(25)15-14-29(36)40-4/h8-9,12-13,16-18,22H,5-7,10-11,14-15,19-20H2,1-4H3,(H,32,37). The summed E-state index contributed by atoms with van der Waals surface area (Å²) in [5.41, 5.74) is 2.74. The number of methoxy groups -OCH3 is 3. The van der Waals surface area contributed by atoms with Gasteiger partial charge >= 0.3 is 5.97 Å². The predicted molar refractivity (Wildman–Crippen MR) is 154 cm³/mol. The fourth-order valence-corrected chi connectivity index (χ4v) is 5.52. The molecule has 1 heterocycles. The number of ether oxygens (including phenoxy) is 3. The molecule has 0 atom stereocenters. The van der Waals surface area contributed by atoms with Crippen LogP contribution in [0.3, 0.4) is 0 Å². The molecule has 2 amide bonds. The Balaban J connectivity index is 1.59. The van der Waals surface area contributed by atoms with Gasteiger partial charge in [-0.15, -0.1) is 0 Å². The first-order valence-corrected chi connectivity index (χ1v) is 13.8. The second-order valence-corrected chi connectivity index (χ2v) is 10.3. The number of fused-ring (bicyclic) bond motifs is 1. The molecule has 0 bridgehead atoms. The van der Waals surface area contributed by atoms with Gasteiger partial charge in [0, 0.05) is 24.0 Å². The number of para-hydroxylation sites is 1. The maximum atomic E-state index is 13.8. The molecule has 0 unspecified atom stereocenters. The van der Waals surface area contributed by atoms with Gasteiger partial charge in [0.15, 0.2) is 0 Å². The summed E-state index contributed by atoms with van der Waals surface area (Å²) in [7, 11) is 4.50. The fourth-order valence-electron chi connectivity index (χ4n) is 5.52. The lowest BCUT2D eigenvalue weighted by Crippen LogP contribution is -2.43. The highest BCUT2D eigenvalue weighted by atomic mass is 16.5. The van der Waals surface area contributed by atoms with Crippen molar-refractivity contribution in [2.45, 2.75) is 52.0 Å². The number of carbonyl (C=O) groups is 3. The monoisotopic (exact) mass is 549 g/mol. The number of nitrogens with one attached hydrogen (secondary N) is 1. The minimum Gasteiger partial charge on any atom is -0.494 e. The van der Waals surface area contributed by atoms with Crippen LogP contribution >= 0.6 is 0 Å². The number of nitrogens with zero attached hydrogens (tertiary/aromatic N) is 2. The van der Waals surface area contributed by atoms with E-state index in [9.17, 15) is 14.4 Å². The normalized spacial score (nSPS) is 13.6. The lowest BCUT2D eigenvalue weighted by molar-refractivity contribution is -0.140. The molecule has 40 heavy (non-hydrogen) atoms. The van der Waals surface area contributed by atoms with Crippen molar-refractivity contribution >= 4 is 34.4 Å². The second kappa shape index (κ2) is 13.4. The zero-order valence-corrected chi connectivity index (χ0v) is 23.8. The molecule has 3 aromatic rings. The van der Waals surface area contributed by atoms with Crippen molar-refractivity contribution in [3.05, 3.63) is 53.7 Å². The molecule has 0 saturated heterocycles. The zero-order chi connectivity index (χ0) is 28.6. The molecular weight excluding hydrogens is 510 g/mol. The van der Waals surface area contributed by atoms with Crippen LogP contribution in [-0.2, 0) is 20.9 Å². The fraction of sp³-hybridized carbons (Fsp3) is 0.452. The van der Waals surface area contributed by atoms with E-state index in [-0.39, 0.29) is 31.4 Å². The molecule has 1 aliphatic rings.